The molecule has 1 aromatic heterocycles. The molecule has 6 heteroatoms. The molecule has 2 N–H and O–H groups in total. The summed E-state index contributed by atoms with van der Waals surface area (Å²) in [5, 5.41) is 6.16. The Morgan fingerprint density at radius 2 is 1.85 bits per heavy atom. The average Bonchev–Trinajstić information content (AvgIpc) is 2.99. The molecule has 3 aromatic rings. The van der Waals surface area contributed by atoms with E-state index in [0.717, 1.165) is 16.5 Å². The third kappa shape index (κ3) is 3.55. The van der Waals surface area contributed by atoms with Gasteiger partial charge in [-0.05, 0) is 36.2 Å². The van der Waals surface area contributed by atoms with Crippen LogP contribution in [0.5, 0.6) is 0 Å². The molecule has 134 valence electrons. The Kier molecular flexibility index (Phi) is 4.38. The molecule has 0 saturated carbocycles. The summed E-state index contributed by atoms with van der Waals surface area (Å²) in [4.78, 5) is 39.8. The SMILES string of the molecule is O=C1CC(Cc2ccc(C(=O)Nc3cccc4cccnc34)cc2)C(=O)N1. The summed E-state index contributed by atoms with van der Waals surface area (Å²) in [6.07, 6.45) is 2.39. The molecule has 1 aliphatic rings. The second kappa shape index (κ2) is 6.99. The molecule has 0 spiro atoms. The lowest BCUT2D eigenvalue weighted by atomic mass is 9.97. The van der Waals surface area contributed by atoms with Crippen LogP contribution in [0.3, 0.4) is 0 Å². The van der Waals surface area contributed by atoms with Crippen molar-refractivity contribution in [2.24, 2.45) is 5.92 Å². The van der Waals surface area contributed by atoms with Gasteiger partial charge in [0.25, 0.3) is 5.91 Å². The van der Waals surface area contributed by atoms with Crippen LogP contribution < -0.4 is 10.6 Å². The monoisotopic (exact) mass is 359 g/mol. The highest BCUT2D eigenvalue weighted by molar-refractivity contribution is 6.08. The molecule has 6 nitrogen and oxygen atoms in total. The molecular formula is C21H17N3O3. The Bertz CT molecular complexity index is 1040. The van der Waals surface area contributed by atoms with Crippen LogP contribution in [0.4, 0.5) is 5.69 Å². The molecule has 1 atom stereocenters. The Labute approximate surface area is 155 Å². The quantitative estimate of drug-likeness (QED) is 0.701. The fraction of sp³-hybridized carbons (Fsp3) is 0.143. The molecule has 3 amide bonds. The summed E-state index contributed by atoms with van der Waals surface area (Å²) in [7, 11) is 0. The molecule has 1 fully saturated rings. The standard InChI is InChI=1S/C21H17N3O3/c25-18-12-16(21(27)24-18)11-13-6-8-15(9-7-13)20(26)23-17-5-1-3-14-4-2-10-22-19(14)17/h1-10,16H,11-12H2,(H,23,26)(H,24,25,27). The van der Waals surface area contributed by atoms with Gasteiger partial charge in [-0.1, -0.05) is 30.3 Å². The van der Waals surface area contributed by atoms with Gasteiger partial charge in [-0.2, -0.15) is 0 Å². The van der Waals surface area contributed by atoms with Gasteiger partial charge in [0.05, 0.1) is 17.1 Å². The number of rotatable bonds is 4. The zero-order chi connectivity index (χ0) is 18.8. The third-order valence-corrected chi connectivity index (χ3v) is 4.64. The van der Waals surface area contributed by atoms with Crippen molar-refractivity contribution in [2.45, 2.75) is 12.8 Å². The molecule has 1 aliphatic heterocycles. The molecule has 4 rings (SSSR count). The van der Waals surface area contributed by atoms with Crippen LogP contribution in [0.2, 0.25) is 0 Å². The molecule has 1 unspecified atom stereocenters. The van der Waals surface area contributed by atoms with Gasteiger partial charge in [0.2, 0.25) is 11.8 Å². The first-order valence-electron chi connectivity index (χ1n) is 8.68. The van der Waals surface area contributed by atoms with Gasteiger partial charge in [-0.15, -0.1) is 0 Å². The van der Waals surface area contributed by atoms with Crippen molar-refractivity contribution in [1.29, 1.82) is 0 Å². The Balaban J connectivity index is 1.48. The number of imide groups is 1. The van der Waals surface area contributed by atoms with E-state index in [-0.39, 0.29) is 30.1 Å². The summed E-state index contributed by atoms with van der Waals surface area (Å²) in [5.74, 6) is -1.03. The number of amides is 3. The van der Waals surface area contributed by atoms with Gasteiger partial charge in [0.1, 0.15) is 0 Å². The minimum Gasteiger partial charge on any atom is -0.320 e. The second-order valence-electron chi connectivity index (χ2n) is 6.55. The summed E-state index contributed by atoms with van der Waals surface area (Å²) in [6.45, 7) is 0. The van der Waals surface area contributed by atoms with E-state index < -0.39 is 0 Å². The number of aromatic nitrogens is 1. The smallest absolute Gasteiger partial charge is 0.255 e. The first kappa shape index (κ1) is 16.9. The van der Waals surface area contributed by atoms with Crippen molar-refractivity contribution in [3.63, 3.8) is 0 Å². The van der Waals surface area contributed by atoms with Gasteiger partial charge in [0.15, 0.2) is 0 Å². The lowest BCUT2D eigenvalue weighted by molar-refractivity contribution is -0.125. The molecule has 2 aromatic carbocycles. The lowest BCUT2D eigenvalue weighted by Crippen LogP contribution is -2.22. The predicted octanol–water partition coefficient (Wildman–Crippen LogP) is 2.69. The van der Waals surface area contributed by atoms with E-state index in [1.165, 1.54) is 0 Å². The Morgan fingerprint density at radius 3 is 2.59 bits per heavy atom. The van der Waals surface area contributed by atoms with Crippen LogP contribution in [0.25, 0.3) is 10.9 Å². The van der Waals surface area contributed by atoms with Gasteiger partial charge >= 0.3 is 0 Å². The van der Waals surface area contributed by atoms with Crippen LogP contribution in [0.1, 0.15) is 22.3 Å². The minimum absolute atomic E-state index is 0.217. The second-order valence-corrected chi connectivity index (χ2v) is 6.55. The van der Waals surface area contributed by atoms with Crippen LogP contribution in [0.15, 0.2) is 60.8 Å². The van der Waals surface area contributed by atoms with Crippen molar-refractivity contribution < 1.29 is 14.4 Å². The van der Waals surface area contributed by atoms with Crippen LogP contribution in [-0.4, -0.2) is 22.7 Å². The summed E-state index contributed by atoms with van der Waals surface area (Å²) in [5.41, 5.74) is 2.82. The van der Waals surface area contributed by atoms with E-state index >= 15 is 0 Å². The number of pyridine rings is 1. The highest BCUT2D eigenvalue weighted by Crippen LogP contribution is 2.22. The van der Waals surface area contributed by atoms with Gasteiger partial charge in [-0.3, -0.25) is 24.7 Å². The molecular weight excluding hydrogens is 342 g/mol. The van der Waals surface area contributed by atoms with E-state index in [4.69, 9.17) is 0 Å². The maximum Gasteiger partial charge on any atom is 0.255 e. The zero-order valence-corrected chi connectivity index (χ0v) is 14.4. The molecule has 0 aliphatic carbocycles. The first-order chi connectivity index (χ1) is 13.1. The number of nitrogens with one attached hydrogen (secondary N) is 2. The Hall–Kier alpha value is -3.54. The fourth-order valence-corrected chi connectivity index (χ4v) is 3.25. The number of hydrogen-bond acceptors (Lipinski definition) is 4. The van der Waals surface area contributed by atoms with Crippen molar-refractivity contribution in [3.05, 3.63) is 71.9 Å². The highest BCUT2D eigenvalue weighted by atomic mass is 16.2. The maximum atomic E-state index is 12.6. The molecule has 27 heavy (non-hydrogen) atoms. The minimum atomic E-state index is -0.334. The number of para-hydroxylation sites is 1. The van der Waals surface area contributed by atoms with Crippen molar-refractivity contribution in [1.82, 2.24) is 10.3 Å². The summed E-state index contributed by atoms with van der Waals surface area (Å²) < 4.78 is 0. The number of hydrogen-bond donors (Lipinski definition) is 2. The van der Waals surface area contributed by atoms with Crippen LogP contribution in [0, 0.1) is 5.92 Å². The molecule has 0 radical (unpaired) electrons. The van der Waals surface area contributed by atoms with Crippen molar-refractivity contribution in [2.75, 3.05) is 5.32 Å². The number of carbonyl (C=O) groups is 3. The fourth-order valence-electron chi connectivity index (χ4n) is 3.25. The van der Waals surface area contributed by atoms with Gasteiger partial charge < -0.3 is 5.32 Å². The van der Waals surface area contributed by atoms with E-state index in [1.54, 1.807) is 18.3 Å². The van der Waals surface area contributed by atoms with Crippen LogP contribution in [-0.2, 0) is 16.0 Å². The molecule has 2 heterocycles. The van der Waals surface area contributed by atoms with Gasteiger partial charge in [0, 0.05) is 23.6 Å². The van der Waals surface area contributed by atoms with E-state index in [9.17, 15) is 14.4 Å². The molecule has 1 saturated heterocycles. The maximum absolute atomic E-state index is 12.6. The van der Waals surface area contributed by atoms with Crippen molar-refractivity contribution in [3.8, 4) is 0 Å². The molecule has 0 bridgehead atoms. The average molecular weight is 359 g/mol. The third-order valence-electron chi connectivity index (χ3n) is 4.64. The number of carbonyl (C=O) groups excluding carboxylic acids is 3. The van der Waals surface area contributed by atoms with Crippen LogP contribution >= 0.6 is 0 Å². The Morgan fingerprint density at radius 1 is 1.07 bits per heavy atom. The number of benzene rings is 2. The normalized spacial score (nSPS) is 16.4. The summed E-state index contributed by atoms with van der Waals surface area (Å²) in [6, 6.07) is 16.5. The summed E-state index contributed by atoms with van der Waals surface area (Å²) >= 11 is 0. The van der Waals surface area contributed by atoms with E-state index in [1.807, 2.05) is 42.5 Å². The number of anilines is 1. The van der Waals surface area contributed by atoms with E-state index in [2.05, 4.69) is 15.6 Å². The number of fused-ring (bicyclic) bond motifs is 1. The first-order valence-corrected chi connectivity index (χ1v) is 8.68. The van der Waals surface area contributed by atoms with Gasteiger partial charge in [-0.25, -0.2) is 0 Å². The largest absolute Gasteiger partial charge is 0.320 e. The number of nitrogens with zero attached hydrogens (tertiary/aromatic N) is 1. The zero-order valence-electron chi connectivity index (χ0n) is 14.4. The topological polar surface area (TPSA) is 88.2 Å². The van der Waals surface area contributed by atoms with E-state index in [0.29, 0.717) is 17.7 Å². The highest BCUT2D eigenvalue weighted by Gasteiger charge is 2.30. The van der Waals surface area contributed by atoms with Crippen molar-refractivity contribution >= 4 is 34.3 Å². The predicted molar refractivity (Wildman–Crippen MR) is 101 cm³/mol. The lowest BCUT2D eigenvalue weighted by Gasteiger charge is -2.09.